The molecule has 132 valence electrons. The molecule has 1 unspecified atom stereocenters. The van der Waals surface area contributed by atoms with Gasteiger partial charge in [0.15, 0.2) is 5.78 Å². The summed E-state index contributed by atoms with van der Waals surface area (Å²) in [6.07, 6.45) is 6.60. The molecular weight excluding hydrogens is 390 g/mol. The fraction of sp³-hybridized carbons (Fsp3) is 0.318. The third-order valence-electron chi connectivity index (χ3n) is 5.91. The van der Waals surface area contributed by atoms with Crippen LogP contribution in [-0.4, -0.2) is 12.4 Å². The van der Waals surface area contributed by atoms with Crippen LogP contribution < -0.4 is 10.1 Å². The van der Waals surface area contributed by atoms with Gasteiger partial charge in [-0.05, 0) is 66.3 Å². The summed E-state index contributed by atoms with van der Waals surface area (Å²) in [5.74, 6) is 1.93. The maximum atomic E-state index is 11.8. The van der Waals surface area contributed by atoms with Crippen molar-refractivity contribution in [3.63, 3.8) is 0 Å². The Kier molecular flexibility index (Phi) is 3.71. The average molecular weight is 410 g/mol. The average Bonchev–Trinajstić information content (AvgIpc) is 3.29. The number of carbonyl (C=O) groups excluding carboxylic acids is 1. The van der Waals surface area contributed by atoms with Crippen molar-refractivity contribution in [1.82, 2.24) is 0 Å². The Hall–Kier alpha value is -2.07. The molecule has 0 aromatic heterocycles. The van der Waals surface area contributed by atoms with E-state index >= 15 is 0 Å². The lowest BCUT2D eigenvalue weighted by Crippen LogP contribution is -2.29. The van der Waals surface area contributed by atoms with Crippen molar-refractivity contribution in [2.24, 2.45) is 5.92 Å². The summed E-state index contributed by atoms with van der Waals surface area (Å²) in [6, 6.07) is 10.7. The van der Waals surface area contributed by atoms with E-state index in [1.807, 2.05) is 6.07 Å². The SMILES string of the molecule is CC(=O)c1ccc2c(c1)[C@@H]1C=CC[C@@H]1C(c1cc3c(cc1Br)CCO3)N2. The van der Waals surface area contributed by atoms with Gasteiger partial charge < -0.3 is 10.1 Å². The van der Waals surface area contributed by atoms with Gasteiger partial charge in [-0.1, -0.05) is 28.1 Å². The first kappa shape index (κ1) is 16.1. The van der Waals surface area contributed by atoms with Crippen molar-refractivity contribution < 1.29 is 9.53 Å². The Bertz CT molecular complexity index is 949. The predicted molar refractivity (Wildman–Crippen MR) is 106 cm³/mol. The first-order valence-electron chi connectivity index (χ1n) is 9.15. The number of hydrogen-bond acceptors (Lipinski definition) is 3. The van der Waals surface area contributed by atoms with E-state index in [1.165, 1.54) is 16.7 Å². The maximum Gasteiger partial charge on any atom is 0.159 e. The number of anilines is 1. The van der Waals surface area contributed by atoms with Crippen molar-refractivity contribution in [2.45, 2.75) is 31.7 Å². The number of halogens is 1. The molecule has 0 bridgehead atoms. The second-order valence-electron chi connectivity index (χ2n) is 7.41. The molecule has 3 atom stereocenters. The number of ketones is 1. The second kappa shape index (κ2) is 5.98. The third kappa shape index (κ3) is 2.43. The normalized spacial score (nSPS) is 25.1. The van der Waals surface area contributed by atoms with Gasteiger partial charge in [-0.2, -0.15) is 0 Å². The Labute approximate surface area is 161 Å². The van der Waals surface area contributed by atoms with Crippen LogP contribution in [0.15, 0.2) is 47.0 Å². The first-order valence-corrected chi connectivity index (χ1v) is 9.94. The molecule has 0 radical (unpaired) electrons. The minimum Gasteiger partial charge on any atom is -0.493 e. The Morgan fingerprint density at radius 2 is 2.12 bits per heavy atom. The second-order valence-corrected chi connectivity index (χ2v) is 8.27. The van der Waals surface area contributed by atoms with Gasteiger partial charge in [0, 0.05) is 28.1 Å². The monoisotopic (exact) mass is 409 g/mol. The zero-order valence-electron chi connectivity index (χ0n) is 14.6. The number of hydrogen-bond donors (Lipinski definition) is 1. The highest BCUT2D eigenvalue weighted by molar-refractivity contribution is 9.10. The van der Waals surface area contributed by atoms with Crippen LogP contribution >= 0.6 is 15.9 Å². The van der Waals surface area contributed by atoms with Gasteiger partial charge in [0.05, 0.1) is 12.6 Å². The molecule has 0 spiro atoms. The van der Waals surface area contributed by atoms with Crippen LogP contribution in [0.25, 0.3) is 0 Å². The fourth-order valence-electron chi connectivity index (χ4n) is 4.57. The van der Waals surface area contributed by atoms with Gasteiger partial charge >= 0.3 is 0 Å². The predicted octanol–water partition coefficient (Wildman–Crippen LogP) is 5.41. The van der Waals surface area contributed by atoms with E-state index in [1.54, 1.807) is 6.92 Å². The quantitative estimate of drug-likeness (QED) is 0.531. The Morgan fingerprint density at radius 1 is 1.23 bits per heavy atom. The maximum absolute atomic E-state index is 11.8. The number of carbonyl (C=O) groups is 1. The van der Waals surface area contributed by atoms with Crippen molar-refractivity contribution in [3.8, 4) is 5.75 Å². The number of allylic oxidation sites excluding steroid dienone is 2. The summed E-state index contributed by atoms with van der Waals surface area (Å²) in [6.45, 7) is 2.40. The largest absolute Gasteiger partial charge is 0.493 e. The molecule has 1 N–H and O–H groups in total. The van der Waals surface area contributed by atoms with Crippen LogP contribution in [0.5, 0.6) is 5.75 Å². The lowest BCUT2D eigenvalue weighted by molar-refractivity contribution is 0.101. The molecule has 4 heteroatoms. The van der Waals surface area contributed by atoms with Crippen LogP contribution in [0.3, 0.4) is 0 Å². The molecule has 1 aliphatic carbocycles. The van der Waals surface area contributed by atoms with Gasteiger partial charge in [0.2, 0.25) is 0 Å². The summed E-state index contributed by atoms with van der Waals surface area (Å²) < 4.78 is 6.95. The number of ether oxygens (including phenoxy) is 1. The smallest absolute Gasteiger partial charge is 0.159 e. The molecule has 3 aliphatic rings. The van der Waals surface area contributed by atoms with Crippen molar-refractivity contribution in [2.75, 3.05) is 11.9 Å². The first-order chi connectivity index (χ1) is 12.6. The zero-order valence-corrected chi connectivity index (χ0v) is 16.2. The molecule has 0 saturated carbocycles. The number of benzene rings is 2. The van der Waals surface area contributed by atoms with Crippen molar-refractivity contribution in [3.05, 3.63) is 69.2 Å². The standard InChI is InChI=1S/C22H20BrNO2/c1-12(25)13-5-6-20-17(9-13)15-3-2-4-16(15)22(24-20)18-11-21-14(7-8-26-21)10-19(18)23/h2-3,5-6,9-11,15-16,22,24H,4,7-8H2,1H3/t15-,16+,22?/m1/s1. The highest BCUT2D eigenvalue weighted by atomic mass is 79.9. The highest BCUT2D eigenvalue weighted by Crippen LogP contribution is 2.51. The zero-order chi connectivity index (χ0) is 17.8. The van der Waals surface area contributed by atoms with E-state index in [-0.39, 0.29) is 11.8 Å². The molecule has 26 heavy (non-hydrogen) atoms. The van der Waals surface area contributed by atoms with Crippen molar-refractivity contribution >= 4 is 27.4 Å². The van der Waals surface area contributed by atoms with Gasteiger partial charge in [-0.3, -0.25) is 4.79 Å². The molecule has 2 heterocycles. The van der Waals surface area contributed by atoms with Crippen LogP contribution in [0, 0.1) is 5.92 Å². The van der Waals surface area contributed by atoms with E-state index in [4.69, 9.17) is 4.74 Å². The van der Waals surface area contributed by atoms with E-state index in [9.17, 15) is 4.79 Å². The van der Waals surface area contributed by atoms with Gasteiger partial charge in [-0.15, -0.1) is 0 Å². The van der Waals surface area contributed by atoms with Gasteiger partial charge in [0.25, 0.3) is 0 Å². The summed E-state index contributed by atoms with van der Waals surface area (Å²) in [5, 5.41) is 3.75. The van der Waals surface area contributed by atoms with Crippen LogP contribution in [0.2, 0.25) is 0 Å². The Morgan fingerprint density at radius 3 is 2.96 bits per heavy atom. The van der Waals surface area contributed by atoms with E-state index in [2.05, 4.69) is 57.7 Å². The number of nitrogens with one attached hydrogen (secondary N) is 1. The molecule has 2 aromatic rings. The topological polar surface area (TPSA) is 38.3 Å². The lowest BCUT2D eigenvalue weighted by atomic mass is 9.76. The van der Waals surface area contributed by atoms with Crippen LogP contribution in [-0.2, 0) is 6.42 Å². The van der Waals surface area contributed by atoms with Crippen LogP contribution in [0.1, 0.15) is 52.4 Å². The highest BCUT2D eigenvalue weighted by Gasteiger charge is 2.39. The van der Waals surface area contributed by atoms with Crippen molar-refractivity contribution in [1.29, 1.82) is 0 Å². The summed E-state index contributed by atoms with van der Waals surface area (Å²) in [7, 11) is 0. The molecule has 2 aliphatic heterocycles. The van der Waals surface area contributed by atoms with Gasteiger partial charge in [0.1, 0.15) is 5.75 Å². The molecule has 0 amide bonds. The Balaban J connectivity index is 1.59. The number of rotatable bonds is 2. The number of Topliss-reactive ketones (excluding diaryl/α,β-unsaturated/α-hetero) is 1. The number of fused-ring (bicyclic) bond motifs is 4. The minimum atomic E-state index is 0.118. The van der Waals surface area contributed by atoms with E-state index in [0.717, 1.165) is 40.9 Å². The van der Waals surface area contributed by atoms with E-state index < -0.39 is 0 Å². The molecule has 0 fully saturated rings. The third-order valence-corrected chi connectivity index (χ3v) is 6.60. The summed E-state index contributed by atoms with van der Waals surface area (Å²) in [4.78, 5) is 11.8. The molecule has 5 rings (SSSR count). The van der Waals surface area contributed by atoms with Gasteiger partial charge in [-0.25, -0.2) is 0 Å². The minimum absolute atomic E-state index is 0.118. The van der Waals surface area contributed by atoms with Crippen LogP contribution in [0.4, 0.5) is 5.69 Å². The molecule has 2 aromatic carbocycles. The molecular formula is C22H20BrNO2. The molecule has 0 saturated heterocycles. The molecule has 3 nitrogen and oxygen atoms in total. The lowest BCUT2D eigenvalue weighted by Gasteiger charge is -2.38. The summed E-state index contributed by atoms with van der Waals surface area (Å²) >= 11 is 3.79. The fourth-order valence-corrected chi connectivity index (χ4v) is 5.21. The van der Waals surface area contributed by atoms with E-state index in [0.29, 0.717) is 11.8 Å². The summed E-state index contributed by atoms with van der Waals surface area (Å²) in [5.41, 5.74) is 5.69.